The number of carbonyl (C=O) groups excluding carboxylic acids is 5. The molecule has 4 rings (SSSR count). The molecule has 0 saturated carbocycles. The number of ether oxygens (including phenoxy) is 6. The van der Waals surface area contributed by atoms with Gasteiger partial charge in [0.25, 0.3) is 0 Å². The number of fused-ring (bicyclic) bond motifs is 1. The van der Waals surface area contributed by atoms with E-state index in [9.17, 15) is 34.2 Å². The van der Waals surface area contributed by atoms with Gasteiger partial charge in [0.15, 0.2) is 17.3 Å². The Hall–Kier alpha value is -3.29. The first-order valence-corrected chi connectivity index (χ1v) is 16.3. The van der Waals surface area contributed by atoms with Gasteiger partial charge in [-0.1, -0.05) is 45.6 Å². The quantitative estimate of drug-likeness (QED) is 0.0868. The summed E-state index contributed by atoms with van der Waals surface area (Å²) >= 11 is 0. The van der Waals surface area contributed by atoms with E-state index in [1.807, 2.05) is 0 Å². The van der Waals surface area contributed by atoms with Crippen LogP contribution in [0.5, 0.6) is 0 Å². The van der Waals surface area contributed by atoms with Crippen LogP contribution in [0.3, 0.4) is 0 Å². The lowest BCUT2D eigenvalue weighted by atomic mass is 9.55. The van der Waals surface area contributed by atoms with Gasteiger partial charge in [0, 0.05) is 38.5 Å². The van der Waals surface area contributed by atoms with E-state index < -0.39 is 94.6 Å². The second-order valence-corrected chi connectivity index (χ2v) is 13.8. The number of unbranched alkanes of at least 4 members (excludes halogenated alkanes) is 4. The first-order valence-electron chi connectivity index (χ1n) is 16.3. The summed E-state index contributed by atoms with van der Waals surface area (Å²) in [4.78, 5) is 64.0. The molecule has 0 aromatic heterocycles. The molecule has 2 N–H and O–H groups in total. The molecule has 2 saturated heterocycles. The van der Waals surface area contributed by atoms with E-state index in [1.165, 1.54) is 39.8 Å². The fraction of sp³-hybridized carbons (Fsp3) is 0.735. The minimum atomic E-state index is -2.38. The van der Waals surface area contributed by atoms with Gasteiger partial charge >= 0.3 is 29.8 Å². The number of hydrogen-bond acceptors (Lipinski definition) is 13. The zero-order valence-electron chi connectivity index (χ0n) is 28.5. The van der Waals surface area contributed by atoms with E-state index in [4.69, 9.17) is 28.4 Å². The van der Waals surface area contributed by atoms with E-state index >= 15 is 0 Å². The Labute approximate surface area is 274 Å². The van der Waals surface area contributed by atoms with Crippen molar-refractivity contribution in [3.63, 3.8) is 0 Å². The average molecular weight is 665 g/mol. The van der Waals surface area contributed by atoms with Gasteiger partial charge in [-0.2, -0.15) is 0 Å². The maximum Gasteiger partial charge on any atom is 0.342 e. The van der Waals surface area contributed by atoms with Crippen molar-refractivity contribution in [2.75, 3.05) is 0 Å². The molecule has 10 atom stereocenters. The number of carbonyl (C=O) groups is 5. The summed E-state index contributed by atoms with van der Waals surface area (Å²) < 4.78 is 34.9. The standard InChI is InChI=1S/C34H48O13/c1-9-10-11-12-13-14-26(38)46-33(41)18-25(43-21(4)36)30(6)16-15-23(42-20(3)35)31(7,40)27(30)28(44-22(5)37)34-24(17-19(33)2)45-29(39)32(34,8)47-34/h15-17,23-25,27-28,40-41H,9-14,18H2,1-8H3. The second-order valence-electron chi connectivity index (χ2n) is 13.8. The smallest absolute Gasteiger partial charge is 0.342 e. The molecule has 13 nitrogen and oxygen atoms in total. The Kier molecular flexibility index (Phi) is 10.1. The number of hydrogen-bond donors (Lipinski definition) is 2. The summed E-state index contributed by atoms with van der Waals surface area (Å²) in [7, 11) is 0. The topological polar surface area (TPSA) is 184 Å². The third-order valence-electron chi connectivity index (χ3n) is 10.2. The van der Waals surface area contributed by atoms with Crippen molar-refractivity contribution in [3.8, 4) is 0 Å². The van der Waals surface area contributed by atoms with Gasteiger partial charge in [0.2, 0.25) is 5.79 Å². The highest BCUT2D eigenvalue weighted by molar-refractivity contribution is 5.89. The third kappa shape index (κ3) is 6.46. The van der Waals surface area contributed by atoms with E-state index in [0.717, 1.165) is 39.5 Å². The van der Waals surface area contributed by atoms with Gasteiger partial charge in [-0.05, 0) is 44.9 Å². The molecule has 0 aromatic rings. The number of rotatable bonds is 10. The molecule has 2 aliphatic heterocycles. The molecular weight excluding hydrogens is 616 g/mol. The SMILES string of the molecule is CCCCCCCC(=O)OC1(O)CC(OC(C)=O)C2(C)C=CC(OC(C)=O)C(C)(O)C2C(OC(C)=O)C23OC2(C)C(=O)OC3C=C1C. The summed E-state index contributed by atoms with van der Waals surface area (Å²) in [5.74, 6) is -7.42. The average Bonchev–Trinajstić information content (AvgIpc) is 3.53. The molecule has 2 heterocycles. The largest absolute Gasteiger partial charge is 0.461 e. The van der Waals surface area contributed by atoms with Crippen molar-refractivity contribution < 1.29 is 62.6 Å². The molecule has 1 spiro atoms. The summed E-state index contributed by atoms with van der Waals surface area (Å²) in [5, 5.41) is 24.5. The van der Waals surface area contributed by atoms with Crippen molar-refractivity contribution in [1.29, 1.82) is 0 Å². The molecule has 0 bridgehead atoms. The Balaban J connectivity index is 1.93. The van der Waals surface area contributed by atoms with Crippen LogP contribution in [0.1, 0.15) is 100 Å². The van der Waals surface area contributed by atoms with Crippen LogP contribution in [0.25, 0.3) is 0 Å². The van der Waals surface area contributed by atoms with Crippen molar-refractivity contribution in [2.45, 2.75) is 147 Å². The van der Waals surface area contributed by atoms with Gasteiger partial charge in [-0.15, -0.1) is 0 Å². The maximum absolute atomic E-state index is 13.3. The van der Waals surface area contributed by atoms with Crippen molar-refractivity contribution in [2.24, 2.45) is 11.3 Å². The summed E-state index contributed by atoms with van der Waals surface area (Å²) in [6.45, 7) is 11.5. The summed E-state index contributed by atoms with van der Waals surface area (Å²) in [6, 6.07) is 0. The Morgan fingerprint density at radius 1 is 0.936 bits per heavy atom. The number of esters is 5. The van der Waals surface area contributed by atoms with Crippen LogP contribution in [0, 0.1) is 11.3 Å². The molecule has 0 radical (unpaired) electrons. The third-order valence-corrected chi connectivity index (χ3v) is 10.2. The molecule has 10 unspecified atom stereocenters. The summed E-state index contributed by atoms with van der Waals surface area (Å²) in [6.07, 6.45) is 2.81. The second kappa shape index (κ2) is 13.0. The minimum Gasteiger partial charge on any atom is -0.461 e. The first kappa shape index (κ1) is 36.5. The first-order chi connectivity index (χ1) is 21.8. The molecule has 262 valence electrons. The van der Waals surface area contributed by atoms with Crippen molar-refractivity contribution in [1.82, 2.24) is 0 Å². The molecule has 0 amide bonds. The molecule has 13 heteroatoms. The fourth-order valence-corrected chi connectivity index (χ4v) is 7.66. The van der Waals surface area contributed by atoms with E-state index in [1.54, 1.807) is 13.0 Å². The van der Waals surface area contributed by atoms with Gasteiger partial charge < -0.3 is 38.6 Å². The number of aliphatic hydroxyl groups is 2. The Bertz CT molecular complexity index is 1350. The predicted octanol–water partition coefficient (Wildman–Crippen LogP) is 3.12. The molecule has 4 aliphatic rings. The van der Waals surface area contributed by atoms with E-state index in [2.05, 4.69) is 6.92 Å². The van der Waals surface area contributed by atoms with Crippen LogP contribution in [0.15, 0.2) is 23.8 Å². The highest BCUT2D eigenvalue weighted by Crippen LogP contribution is 2.65. The fourth-order valence-electron chi connectivity index (χ4n) is 7.66. The molecular formula is C34H48O13. The molecule has 0 aromatic carbocycles. The zero-order valence-corrected chi connectivity index (χ0v) is 28.5. The minimum absolute atomic E-state index is 0.0220. The Morgan fingerprint density at radius 3 is 2.13 bits per heavy atom. The van der Waals surface area contributed by atoms with E-state index in [-0.39, 0.29) is 12.0 Å². The lowest BCUT2D eigenvalue weighted by Gasteiger charge is -2.55. The van der Waals surface area contributed by atoms with Crippen LogP contribution in [-0.4, -0.2) is 87.1 Å². The van der Waals surface area contributed by atoms with Gasteiger partial charge in [-0.3, -0.25) is 19.2 Å². The van der Waals surface area contributed by atoms with Crippen LogP contribution in [0.4, 0.5) is 0 Å². The van der Waals surface area contributed by atoms with Gasteiger partial charge in [-0.25, -0.2) is 4.79 Å². The summed E-state index contributed by atoms with van der Waals surface area (Å²) in [5.41, 5.74) is -6.95. The zero-order chi connectivity index (χ0) is 35.2. The lowest BCUT2D eigenvalue weighted by molar-refractivity contribution is -0.237. The Morgan fingerprint density at radius 2 is 1.55 bits per heavy atom. The van der Waals surface area contributed by atoms with Gasteiger partial charge in [0.05, 0.1) is 6.42 Å². The van der Waals surface area contributed by atoms with Crippen LogP contribution < -0.4 is 0 Å². The molecule has 47 heavy (non-hydrogen) atoms. The molecule has 2 fully saturated rings. The highest BCUT2D eigenvalue weighted by Gasteiger charge is 2.88. The van der Waals surface area contributed by atoms with Crippen molar-refractivity contribution in [3.05, 3.63) is 23.8 Å². The van der Waals surface area contributed by atoms with Crippen LogP contribution in [-0.2, 0) is 52.4 Å². The maximum atomic E-state index is 13.3. The van der Waals surface area contributed by atoms with Crippen LogP contribution in [0.2, 0.25) is 0 Å². The predicted molar refractivity (Wildman–Crippen MR) is 163 cm³/mol. The van der Waals surface area contributed by atoms with E-state index in [0.29, 0.717) is 6.42 Å². The van der Waals surface area contributed by atoms with Crippen LogP contribution >= 0.6 is 0 Å². The normalized spacial score (nSPS) is 40.4. The van der Waals surface area contributed by atoms with Gasteiger partial charge in [0.1, 0.15) is 23.9 Å². The lowest BCUT2D eigenvalue weighted by Crippen LogP contribution is -2.67. The monoisotopic (exact) mass is 664 g/mol. The molecule has 2 aliphatic carbocycles. The van der Waals surface area contributed by atoms with Crippen molar-refractivity contribution >= 4 is 29.8 Å². The number of epoxide rings is 1. The highest BCUT2D eigenvalue weighted by atomic mass is 16.7.